The number of benzene rings is 1. The molecule has 0 amide bonds. The number of ketones is 1. The summed E-state index contributed by atoms with van der Waals surface area (Å²) in [6.45, 7) is 8.26. The fourth-order valence-electron chi connectivity index (χ4n) is 4.70. The first-order valence-electron chi connectivity index (χ1n) is 10.6. The third kappa shape index (κ3) is 3.77. The monoisotopic (exact) mass is 483 g/mol. The minimum Gasteiger partial charge on any atom is -0.384 e. The van der Waals surface area contributed by atoms with Gasteiger partial charge in [-0.1, -0.05) is 38.4 Å². The maximum Gasteiger partial charge on any atom is 0.162 e. The Kier molecular flexibility index (Phi) is 6.19. The van der Waals surface area contributed by atoms with Crippen LogP contribution in [0.1, 0.15) is 50.7 Å². The summed E-state index contributed by atoms with van der Waals surface area (Å²) in [6, 6.07) is 10.1. The molecule has 1 aliphatic heterocycles. The normalized spacial score (nSPS) is 20.4. The molecule has 0 fully saturated rings. The van der Waals surface area contributed by atoms with E-state index in [4.69, 9.17) is 17.3 Å². The van der Waals surface area contributed by atoms with Gasteiger partial charge in [-0.3, -0.25) is 9.69 Å². The molecule has 32 heavy (non-hydrogen) atoms. The van der Waals surface area contributed by atoms with Crippen LogP contribution in [0.15, 0.2) is 56.5 Å². The quantitative estimate of drug-likeness (QED) is 0.486. The zero-order valence-electron chi connectivity index (χ0n) is 18.7. The molecule has 0 radical (unpaired) electrons. The van der Waals surface area contributed by atoms with Gasteiger partial charge < -0.3 is 5.73 Å². The number of carbonyl (C=O) groups excluding carboxylic acids is 1. The van der Waals surface area contributed by atoms with Crippen molar-refractivity contribution >= 4 is 46.2 Å². The lowest BCUT2D eigenvalue weighted by atomic mass is 9.69. The second-order valence-electron chi connectivity index (χ2n) is 8.96. The van der Waals surface area contributed by atoms with E-state index >= 15 is 0 Å². The molecule has 4 rings (SSSR count). The van der Waals surface area contributed by atoms with E-state index in [1.807, 2.05) is 41.5 Å². The Hall–Kier alpha value is -2.20. The Morgan fingerprint density at radius 1 is 1.34 bits per heavy atom. The van der Waals surface area contributed by atoms with E-state index in [2.05, 4.69) is 26.8 Å². The minimum absolute atomic E-state index is 0.0878. The highest BCUT2D eigenvalue weighted by Crippen LogP contribution is 2.52. The van der Waals surface area contributed by atoms with Crippen LogP contribution in [0.25, 0.3) is 0 Å². The minimum atomic E-state index is -0.436. The van der Waals surface area contributed by atoms with Crippen LogP contribution in [0.4, 0.5) is 5.69 Å². The summed E-state index contributed by atoms with van der Waals surface area (Å²) in [5.41, 5.74) is 11.2. The average Bonchev–Trinajstić information content (AvgIpc) is 3.17. The Morgan fingerprint density at radius 3 is 2.78 bits per heavy atom. The molecule has 0 saturated heterocycles. The first-order valence-corrected chi connectivity index (χ1v) is 12.9. The molecule has 2 aliphatic rings. The summed E-state index contributed by atoms with van der Waals surface area (Å²) in [7, 11) is 0. The van der Waals surface area contributed by atoms with Gasteiger partial charge >= 0.3 is 0 Å². The van der Waals surface area contributed by atoms with Crippen LogP contribution in [0.2, 0.25) is 5.02 Å². The predicted octanol–water partition coefficient (Wildman–Crippen LogP) is 6.76. The van der Waals surface area contributed by atoms with Gasteiger partial charge in [0.05, 0.1) is 27.5 Å². The van der Waals surface area contributed by atoms with Gasteiger partial charge in [0, 0.05) is 22.7 Å². The predicted molar refractivity (Wildman–Crippen MR) is 134 cm³/mol. The van der Waals surface area contributed by atoms with Gasteiger partial charge in [0.1, 0.15) is 5.82 Å². The zero-order chi connectivity index (χ0) is 23.2. The standard InChI is InChI=1S/C25H26ClN3OS2/c1-5-31-24-15(9-10-32-24)21-16(13-27)23(28)29(18-8-6-7-17(26)14(18)2)19-11-25(3,4)12-20(30)22(19)21/h6-10,21H,5,11-12,28H2,1-4H3. The van der Waals surface area contributed by atoms with Gasteiger partial charge in [-0.05, 0) is 59.2 Å². The van der Waals surface area contributed by atoms with Gasteiger partial charge in [-0.15, -0.1) is 23.1 Å². The van der Waals surface area contributed by atoms with Gasteiger partial charge in [-0.25, -0.2) is 0 Å². The van der Waals surface area contributed by atoms with Crippen molar-refractivity contribution in [1.29, 1.82) is 5.26 Å². The highest BCUT2D eigenvalue weighted by Gasteiger charge is 2.45. The number of thiophene rings is 1. The Bertz CT molecular complexity index is 1200. The fourth-order valence-corrected chi connectivity index (χ4v) is 6.94. The van der Waals surface area contributed by atoms with Crippen molar-refractivity contribution in [1.82, 2.24) is 0 Å². The molecule has 4 nitrogen and oxygen atoms in total. The molecule has 1 unspecified atom stereocenters. The third-order valence-corrected chi connectivity index (χ3v) is 8.67. The number of nitrogens with two attached hydrogens (primary N) is 1. The fraction of sp³-hybridized carbons (Fsp3) is 0.360. The van der Waals surface area contributed by atoms with E-state index in [0.29, 0.717) is 34.8 Å². The van der Waals surface area contributed by atoms with E-state index in [9.17, 15) is 10.1 Å². The average molecular weight is 484 g/mol. The number of carbonyl (C=O) groups is 1. The van der Waals surface area contributed by atoms with Crippen LogP contribution < -0.4 is 10.6 Å². The van der Waals surface area contributed by atoms with Crippen molar-refractivity contribution < 1.29 is 4.79 Å². The topological polar surface area (TPSA) is 70.1 Å². The summed E-state index contributed by atoms with van der Waals surface area (Å²) in [5.74, 6) is 0.951. The summed E-state index contributed by atoms with van der Waals surface area (Å²) in [6.07, 6.45) is 1.14. The molecule has 2 N–H and O–H groups in total. The van der Waals surface area contributed by atoms with Crippen LogP contribution in [0.5, 0.6) is 0 Å². The van der Waals surface area contributed by atoms with E-state index in [-0.39, 0.29) is 11.2 Å². The number of nitriles is 1. The highest BCUT2D eigenvalue weighted by molar-refractivity contribution is 8.01. The number of allylic oxidation sites excluding steroid dienone is 3. The number of hydrogen-bond donors (Lipinski definition) is 1. The van der Waals surface area contributed by atoms with E-state index in [0.717, 1.165) is 32.5 Å². The number of hydrogen-bond acceptors (Lipinski definition) is 6. The van der Waals surface area contributed by atoms with Crippen molar-refractivity contribution in [3.8, 4) is 6.07 Å². The van der Waals surface area contributed by atoms with Crippen molar-refractivity contribution in [2.45, 2.75) is 50.7 Å². The Morgan fingerprint density at radius 2 is 2.09 bits per heavy atom. The van der Waals surface area contributed by atoms with Crippen LogP contribution in [-0.2, 0) is 4.79 Å². The van der Waals surface area contributed by atoms with Crippen LogP contribution in [0.3, 0.4) is 0 Å². The molecule has 0 bridgehead atoms. The molecule has 0 saturated carbocycles. The number of rotatable bonds is 4. The Balaban J connectivity index is 2.02. The van der Waals surface area contributed by atoms with E-state index in [1.54, 1.807) is 23.1 Å². The number of anilines is 1. The lowest BCUT2D eigenvalue weighted by Crippen LogP contribution is -2.42. The lowest BCUT2D eigenvalue weighted by molar-refractivity contribution is -0.118. The number of Topliss-reactive ketones (excluding diaryl/α,β-unsaturated/α-hetero) is 1. The summed E-state index contributed by atoms with van der Waals surface area (Å²) in [4.78, 5) is 15.5. The second kappa shape index (κ2) is 8.62. The van der Waals surface area contributed by atoms with Crippen molar-refractivity contribution in [2.75, 3.05) is 10.7 Å². The van der Waals surface area contributed by atoms with E-state index in [1.165, 1.54) is 0 Å². The number of halogens is 1. The van der Waals surface area contributed by atoms with Crippen LogP contribution >= 0.6 is 34.7 Å². The zero-order valence-corrected chi connectivity index (χ0v) is 21.0. The molecule has 166 valence electrons. The molecule has 7 heteroatoms. The van der Waals surface area contributed by atoms with E-state index < -0.39 is 5.92 Å². The van der Waals surface area contributed by atoms with Crippen molar-refractivity contribution in [3.05, 3.63) is 68.5 Å². The lowest BCUT2D eigenvalue weighted by Gasteiger charge is -2.44. The van der Waals surface area contributed by atoms with Gasteiger partial charge in [0.15, 0.2) is 5.78 Å². The second-order valence-corrected chi connectivity index (χ2v) is 11.8. The Labute approximate surface area is 202 Å². The molecule has 2 aromatic rings. The van der Waals surface area contributed by atoms with Crippen LogP contribution in [-0.4, -0.2) is 11.5 Å². The number of thioether (sulfide) groups is 1. The molecule has 2 heterocycles. The maximum absolute atomic E-state index is 13.6. The van der Waals surface area contributed by atoms with Gasteiger partial charge in [-0.2, -0.15) is 5.26 Å². The smallest absolute Gasteiger partial charge is 0.162 e. The maximum atomic E-state index is 13.6. The van der Waals surface area contributed by atoms with Crippen LogP contribution in [0, 0.1) is 23.7 Å². The molecular weight excluding hydrogens is 458 g/mol. The molecule has 0 spiro atoms. The highest BCUT2D eigenvalue weighted by atomic mass is 35.5. The molecule has 1 atom stereocenters. The first-order chi connectivity index (χ1) is 15.2. The van der Waals surface area contributed by atoms with Gasteiger partial charge in [0.2, 0.25) is 0 Å². The SMILES string of the molecule is CCSc1sccc1C1C(C#N)=C(N)N(c2cccc(Cl)c2C)C2=C1C(=O)CC(C)(C)C2. The summed E-state index contributed by atoms with van der Waals surface area (Å²) >= 11 is 9.83. The molecule has 1 aromatic heterocycles. The van der Waals surface area contributed by atoms with Gasteiger partial charge in [0.25, 0.3) is 0 Å². The molecular formula is C25H26ClN3OS2. The summed E-state index contributed by atoms with van der Waals surface area (Å²) < 4.78 is 1.13. The van der Waals surface area contributed by atoms with Crippen molar-refractivity contribution in [2.24, 2.45) is 11.1 Å². The summed E-state index contributed by atoms with van der Waals surface area (Å²) in [5, 5.41) is 12.9. The largest absolute Gasteiger partial charge is 0.384 e. The molecule has 1 aliphatic carbocycles. The number of nitrogens with zero attached hydrogens (tertiary/aromatic N) is 2. The first kappa shape index (κ1) is 23.0. The molecule has 1 aromatic carbocycles. The van der Waals surface area contributed by atoms with Crippen molar-refractivity contribution in [3.63, 3.8) is 0 Å². The third-order valence-electron chi connectivity index (χ3n) is 6.11.